The molecule has 204 valence electrons. The van der Waals surface area contributed by atoms with Crippen molar-refractivity contribution in [2.45, 2.75) is 45.4 Å². The highest BCUT2D eigenvalue weighted by atomic mass is 16.6. The van der Waals surface area contributed by atoms with Gasteiger partial charge in [-0.1, -0.05) is 74.5 Å². The topological polar surface area (TPSA) is 132 Å². The second-order valence-electron chi connectivity index (χ2n) is 9.92. The van der Waals surface area contributed by atoms with E-state index >= 15 is 0 Å². The third-order valence-corrected chi connectivity index (χ3v) is 6.79. The quantitative estimate of drug-likeness (QED) is 0.292. The van der Waals surface area contributed by atoms with Gasteiger partial charge in [-0.05, 0) is 52.8 Å². The van der Waals surface area contributed by atoms with Crippen molar-refractivity contribution in [1.29, 1.82) is 0 Å². The number of amides is 3. The molecule has 0 aliphatic heterocycles. The Balaban J connectivity index is 1.32. The molecule has 3 amide bonds. The Morgan fingerprint density at radius 1 is 0.821 bits per heavy atom. The SMILES string of the molecule is CC(C)[C@H](NC(=O)OCC1c2ccccc2-c2ccccc21)C(=O)N[C@@H](C)C(=O)Nc1ccc(CON)cc1. The van der Waals surface area contributed by atoms with Gasteiger partial charge in [0, 0.05) is 11.6 Å². The van der Waals surface area contributed by atoms with Crippen LogP contribution >= 0.6 is 0 Å². The second-order valence-corrected chi connectivity index (χ2v) is 9.92. The van der Waals surface area contributed by atoms with E-state index in [1.807, 2.05) is 50.2 Å². The van der Waals surface area contributed by atoms with Crippen LogP contribution in [0.4, 0.5) is 10.5 Å². The van der Waals surface area contributed by atoms with Crippen LogP contribution in [-0.2, 0) is 25.8 Å². The summed E-state index contributed by atoms with van der Waals surface area (Å²) in [5, 5.41) is 8.11. The van der Waals surface area contributed by atoms with Gasteiger partial charge in [-0.25, -0.2) is 10.7 Å². The van der Waals surface area contributed by atoms with Crippen LogP contribution in [0.3, 0.4) is 0 Å². The van der Waals surface area contributed by atoms with Crippen molar-refractivity contribution >= 4 is 23.6 Å². The number of anilines is 1. The predicted octanol–water partition coefficient (Wildman–Crippen LogP) is 4.08. The van der Waals surface area contributed by atoms with Crippen LogP contribution in [0.2, 0.25) is 0 Å². The van der Waals surface area contributed by atoms with E-state index < -0.39 is 30.0 Å². The normalized spacial score (nSPS) is 13.7. The highest BCUT2D eigenvalue weighted by molar-refractivity contribution is 5.98. The Morgan fingerprint density at radius 2 is 1.41 bits per heavy atom. The molecule has 0 bridgehead atoms. The van der Waals surface area contributed by atoms with E-state index in [-0.39, 0.29) is 25.0 Å². The summed E-state index contributed by atoms with van der Waals surface area (Å²) in [5.74, 6) is 3.88. The number of nitrogens with two attached hydrogens (primary N) is 1. The van der Waals surface area contributed by atoms with Gasteiger partial charge in [0.2, 0.25) is 11.8 Å². The molecule has 5 N–H and O–H groups in total. The minimum atomic E-state index is -0.883. The molecule has 0 saturated heterocycles. The zero-order valence-electron chi connectivity index (χ0n) is 22.3. The van der Waals surface area contributed by atoms with E-state index in [0.29, 0.717) is 5.69 Å². The maximum Gasteiger partial charge on any atom is 0.407 e. The lowest BCUT2D eigenvalue weighted by atomic mass is 9.98. The summed E-state index contributed by atoms with van der Waals surface area (Å²) in [7, 11) is 0. The number of carbonyl (C=O) groups is 3. The summed E-state index contributed by atoms with van der Waals surface area (Å²) < 4.78 is 5.60. The Kier molecular flexibility index (Phi) is 8.96. The molecule has 0 aromatic heterocycles. The molecule has 0 spiro atoms. The van der Waals surface area contributed by atoms with Crippen LogP contribution in [0.1, 0.15) is 43.4 Å². The number of nitrogens with one attached hydrogen (secondary N) is 3. The smallest absolute Gasteiger partial charge is 0.407 e. The third-order valence-electron chi connectivity index (χ3n) is 6.79. The van der Waals surface area contributed by atoms with Crippen LogP contribution in [-0.4, -0.2) is 36.6 Å². The molecule has 1 aliphatic carbocycles. The van der Waals surface area contributed by atoms with Crippen LogP contribution in [0.5, 0.6) is 0 Å². The number of hydrogen-bond donors (Lipinski definition) is 4. The van der Waals surface area contributed by atoms with Gasteiger partial charge >= 0.3 is 6.09 Å². The van der Waals surface area contributed by atoms with Gasteiger partial charge in [0.1, 0.15) is 18.7 Å². The Morgan fingerprint density at radius 3 is 1.97 bits per heavy atom. The average Bonchev–Trinajstić information content (AvgIpc) is 3.25. The fourth-order valence-electron chi connectivity index (χ4n) is 4.70. The largest absolute Gasteiger partial charge is 0.449 e. The lowest BCUT2D eigenvalue weighted by Gasteiger charge is -2.24. The zero-order chi connectivity index (χ0) is 27.9. The number of alkyl carbamates (subject to hydrolysis) is 1. The van der Waals surface area contributed by atoms with E-state index in [0.717, 1.165) is 27.8 Å². The Hall–Kier alpha value is -4.21. The van der Waals surface area contributed by atoms with Crippen molar-refractivity contribution < 1.29 is 24.0 Å². The van der Waals surface area contributed by atoms with Crippen LogP contribution in [0, 0.1) is 5.92 Å². The summed E-state index contributed by atoms with van der Waals surface area (Å²) >= 11 is 0. The minimum absolute atomic E-state index is 0.0879. The lowest BCUT2D eigenvalue weighted by Crippen LogP contribution is -2.53. The summed E-state index contributed by atoms with van der Waals surface area (Å²) in [4.78, 5) is 43.0. The second kappa shape index (κ2) is 12.6. The zero-order valence-corrected chi connectivity index (χ0v) is 22.3. The molecule has 0 radical (unpaired) electrons. The van der Waals surface area contributed by atoms with Crippen molar-refractivity contribution in [3.8, 4) is 11.1 Å². The molecular weight excluding hydrogens is 496 g/mol. The van der Waals surface area contributed by atoms with Crippen molar-refractivity contribution in [1.82, 2.24) is 10.6 Å². The predicted molar refractivity (Wildman–Crippen MR) is 148 cm³/mol. The average molecular weight is 531 g/mol. The first-order valence-electron chi connectivity index (χ1n) is 12.9. The van der Waals surface area contributed by atoms with E-state index in [4.69, 9.17) is 10.6 Å². The molecule has 4 rings (SSSR count). The fourth-order valence-corrected chi connectivity index (χ4v) is 4.70. The highest BCUT2D eigenvalue weighted by Crippen LogP contribution is 2.44. The van der Waals surface area contributed by atoms with Crippen LogP contribution in [0.25, 0.3) is 11.1 Å². The van der Waals surface area contributed by atoms with Gasteiger partial charge in [0.15, 0.2) is 0 Å². The monoisotopic (exact) mass is 530 g/mol. The number of hydrogen-bond acceptors (Lipinski definition) is 6. The number of ether oxygens (including phenoxy) is 1. The van der Waals surface area contributed by atoms with Gasteiger partial charge in [0.05, 0.1) is 6.61 Å². The highest BCUT2D eigenvalue weighted by Gasteiger charge is 2.31. The van der Waals surface area contributed by atoms with Crippen molar-refractivity contribution in [2.75, 3.05) is 11.9 Å². The lowest BCUT2D eigenvalue weighted by molar-refractivity contribution is -0.128. The van der Waals surface area contributed by atoms with E-state index in [1.54, 1.807) is 31.2 Å². The van der Waals surface area contributed by atoms with Crippen molar-refractivity contribution in [3.05, 3.63) is 89.5 Å². The molecule has 2 atom stereocenters. The molecule has 0 saturated carbocycles. The molecule has 39 heavy (non-hydrogen) atoms. The van der Waals surface area contributed by atoms with Crippen molar-refractivity contribution in [2.24, 2.45) is 11.8 Å². The summed E-state index contributed by atoms with van der Waals surface area (Å²) in [6.07, 6.45) is -0.690. The summed E-state index contributed by atoms with van der Waals surface area (Å²) in [6.45, 7) is 5.60. The molecule has 3 aromatic rings. The van der Waals surface area contributed by atoms with Gasteiger partial charge in [0.25, 0.3) is 0 Å². The summed E-state index contributed by atoms with van der Waals surface area (Å²) in [5.41, 5.74) is 5.90. The first-order valence-corrected chi connectivity index (χ1v) is 12.9. The molecule has 9 nitrogen and oxygen atoms in total. The van der Waals surface area contributed by atoms with E-state index in [1.165, 1.54) is 0 Å². The molecular formula is C30H34N4O5. The fraction of sp³-hybridized carbons (Fsp3) is 0.300. The Bertz CT molecular complexity index is 1280. The third kappa shape index (κ3) is 6.63. The number of fused-ring (bicyclic) bond motifs is 3. The van der Waals surface area contributed by atoms with Crippen LogP contribution in [0.15, 0.2) is 72.8 Å². The number of carbonyl (C=O) groups excluding carboxylic acids is 3. The molecule has 3 aromatic carbocycles. The van der Waals surface area contributed by atoms with Crippen LogP contribution < -0.4 is 21.8 Å². The van der Waals surface area contributed by atoms with Gasteiger partial charge in [-0.15, -0.1) is 0 Å². The molecule has 0 unspecified atom stereocenters. The first-order chi connectivity index (χ1) is 18.8. The maximum atomic E-state index is 13.0. The van der Waals surface area contributed by atoms with Gasteiger partial charge < -0.3 is 20.7 Å². The van der Waals surface area contributed by atoms with Crippen molar-refractivity contribution in [3.63, 3.8) is 0 Å². The maximum absolute atomic E-state index is 13.0. The summed E-state index contributed by atoms with van der Waals surface area (Å²) in [6, 6.07) is 21.4. The minimum Gasteiger partial charge on any atom is -0.449 e. The molecule has 9 heteroatoms. The Labute approximate surface area is 228 Å². The van der Waals surface area contributed by atoms with Gasteiger partial charge in [-0.2, -0.15) is 0 Å². The van der Waals surface area contributed by atoms with E-state index in [2.05, 4.69) is 32.9 Å². The number of rotatable bonds is 10. The standard InChI is InChI=1S/C30H34N4O5/c1-18(2)27(29(36)32-19(3)28(35)33-21-14-12-20(13-15-21)16-39-31)34-30(37)38-17-26-24-10-6-4-8-22(24)23-9-5-7-11-25(23)26/h4-15,18-19,26-27H,16-17,31H2,1-3H3,(H,32,36)(H,33,35)(H,34,37)/t19-,27-/m0/s1. The molecule has 0 fully saturated rings. The van der Waals surface area contributed by atoms with E-state index in [9.17, 15) is 14.4 Å². The molecule has 0 heterocycles. The first kappa shape index (κ1) is 27.8. The van der Waals surface area contributed by atoms with Gasteiger partial charge in [-0.3, -0.25) is 14.4 Å². The molecule has 1 aliphatic rings. The number of benzene rings is 3.